The lowest BCUT2D eigenvalue weighted by Crippen LogP contribution is -2.09. The fourth-order valence-electron chi connectivity index (χ4n) is 2.11. The third kappa shape index (κ3) is 5.08. The van der Waals surface area contributed by atoms with Crippen molar-refractivity contribution in [3.05, 3.63) is 66.5 Å². The van der Waals surface area contributed by atoms with Crippen LogP contribution in [-0.2, 0) is 9.59 Å². The molecule has 0 aromatic heterocycles. The van der Waals surface area contributed by atoms with Crippen LogP contribution < -0.4 is 9.47 Å². The third-order valence-corrected chi connectivity index (χ3v) is 4.30. The van der Waals surface area contributed by atoms with Crippen LogP contribution in [-0.4, -0.2) is 18.2 Å². The van der Waals surface area contributed by atoms with Gasteiger partial charge in [0.15, 0.2) is 11.6 Å². The molecule has 0 saturated carbocycles. The number of esters is 2. The van der Waals surface area contributed by atoms with Crippen molar-refractivity contribution < 1.29 is 23.5 Å². The van der Waals surface area contributed by atoms with E-state index in [-0.39, 0.29) is 11.3 Å². The first-order valence-corrected chi connectivity index (χ1v) is 9.18. The van der Waals surface area contributed by atoms with Crippen molar-refractivity contribution in [2.45, 2.75) is 18.7 Å². The van der Waals surface area contributed by atoms with Crippen LogP contribution >= 0.6 is 11.8 Å². The van der Waals surface area contributed by atoms with Gasteiger partial charge in [-0.2, -0.15) is 0 Å². The summed E-state index contributed by atoms with van der Waals surface area (Å²) in [6.07, 6.45) is 1.86. The first-order valence-electron chi connectivity index (χ1n) is 7.96. The number of carbonyl (C=O) groups excluding carboxylic acids is 2. The van der Waals surface area contributed by atoms with E-state index in [0.717, 1.165) is 10.5 Å². The Kier molecular flexibility index (Phi) is 6.58. The van der Waals surface area contributed by atoms with Crippen molar-refractivity contribution in [2.75, 3.05) is 6.26 Å². The predicted molar refractivity (Wildman–Crippen MR) is 105 cm³/mol. The van der Waals surface area contributed by atoms with Gasteiger partial charge in [-0.15, -0.1) is 11.8 Å². The number of benzene rings is 2. The van der Waals surface area contributed by atoms with Crippen LogP contribution in [0.3, 0.4) is 0 Å². The Hall–Kier alpha value is -2.86. The van der Waals surface area contributed by atoms with Gasteiger partial charge in [0.05, 0.1) is 0 Å². The van der Waals surface area contributed by atoms with E-state index < -0.39 is 17.8 Å². The van der Waals surface area contributed by atoms with Crippen molar-refractivity contribution >= 4 is 23.7 Å². The Bertz CT molecular complexity index is 934. The summed E-state index contributed by atoms with van der Waals surface area (Å²) in [5.74, 6) is -1.64. The minimum atomic E-state index is -0.685. The molecule has 0 N–H and O–H groups in total. The summed E-state index contributed by atoms with van der Waals surface area (Å²) in [7, 11) is 0. The summed E-state index contributed by atoms with van der Waals surface area (Å²) in [5, 5.41) is 0. The van der Waals surface area contributed by atoms with E-state index in [2.05, 4.69) is 13.2 Å². The van der Waals surface area contributed by atoms with Gasteiger partial charge in [-0.25, -0.2) is 14.0 Å². The molecule has 6 heteroatoms. The molecule has 0 amide bonds. The van der Waals surface area contributed by atoms with E-state index >= 15 is 0 Å². The van der Waals surface area contributed by atoms with E-state index in [1.807, 2.05) is 6.26 Å². The van der Waals surface area contributed by atoms with Gasteiger partial charge in [-0.1, -0.05) is 19.2 Å². The Morgan fingerprint density at radius 2 is 1.59 bits per heavy atom. The number of thioether (sulfide) groups is 1. The number of hydrogen-bond acceptors (Lipinski definition) is 5. The largest absolute Gasteiger partial charge is 0.423 e. The minimum absolute atomic E-state index is 0.163. The highest BCUT2D eigenvalue weighted by atomic mass is 32.2. The number of hydrogen-bond donors (Lipinski definition) is 0. The highest BCUT2D eigenvalue weighted by molar-refractivity contribution is 7.98. The number of halogens is 1. The van der Waals surface area contributed by atoms with Crippen LogP contribution in [0, 0.1) is 5.82 Å². The van der Waals surface area contributed by atoms with Crippen LogP contribution in [0.25, 0.3) is 11.1 Å². The first-order chi connectivity index (χ1) is 12.7. The normalized spacial score (nSPS) is 10.2. The maximum atomic E-state index is 14.3. The highest BCUT2D eigenvalue weighted by Gasteiger charge is 2.14. The number of carbonyl (C=O) groups is 2. The molecule has 0 heterocycles. The fourth-order valence-corrected chi connectivity index (χ4v) is 2.75. The van der Waals surface area contributed by atoms with Gasteiger partial charge in [0, 0.05) is 16.0 Å². The fraction of sp³-hybridized carbons (Fsp3) is 0.143. The lowest BCUT2D eigenvalue weighted by atomic mass is 10.0. The van der Waals surface area contributed by atoms with Crippen molar-refractivity contribution in [3.63, 3.8) is 0 Å². The molecule has 2 aromatic carbocycles. The summed E-state index contributed by atoms with van der Waals surface area (Å²) >= 11 is 1.43. The average molecular weight is 386 g/mol. The van der Waals surface area contributed by atoms with Gasteiger partial charge in [0.2, 0.25) is 0 Å². The molecule has 0 aliphatic heterocycles. The molecule has 0 spiro atoms. The van der Waals surface area contributed by atoms with Crippen molar-refractivity contribution in [3.8, 4) is 22.6 Å². The van der Waals surface area contributed by atoms with Crippen LogP contribution in [0.2, 0.25) is 0 Å². The molecule has 0 saturated heterocycles. The van der Waals surface area contributed by atoms with Gasteiger partial charge >= 0.3 is 11.9 Å². The molecule has 0 atom stereocenters. The molecule has 140 valence electrons. The van der Waals surface area contributed by atoms with Crippen LogP contribution in [0.1, 0.15) is 13.8 Å². The van der Waals surface area contributed by atoms with Gasteiger partial charge in [-0.3, -0.25) is 0 Å². The van der Waals surface area contributed by atoms with E-state index in [4.69, 9.17) is 9.47 Å². The monoisotopic (exact) mass is 386 g/mol. The molecular formula is C21H19FO4S. The maximum absolute atomic E-state index is 14.3. The highest BCUT2D eigenvalue weighted by Crippen LogP contribution is 2.35. The van der Waals surface area contributed by atoms with E-state index in [0.29, 0.717) is 16.9 Å². The Morgan fingerprint density at radius 1 is 0.963 bits per heavy atom. The topological polar surface area (TPSA) is 52.6 Å². The lowest BCUT2D eigenvalue weighted by Gasteiger charge is -2.12. The van der Waals surface area contributed by atoms with Crippen LogP contribution in [0.15, 0.2) is 65.6 Å². The summed E-state index contributed by atoms with van der Waals surface area (Å²) in [6.45, 7) is 10.1. The zero-order valence-electron chi connectivity index (χ0n) is 15.3. The van der Waals surface area contributed by atoms with Gasteiger partial charge in [-0.05, 0) is 61.6 Å². The second kappa shape index (κ2) is 8.68. The molecule has 0 fully saturated rings. The second-order valence-corrected chi connectivity index (χ2v) is 6.70. The average Bonchev–Trinajstić information content (AvgIpc) is 2.62. The third-order valence-electron chi connectivity index (χ3n) is 3.53. The zero-order chi connectivity index (χ0) is 20.1. The molecule has 27 heavy (non-hydrogen) atoms. The Labute approximate surface area is 161 Å². The molecule has 2 aromatic rings. The first kappa shape index (κ1) is 20.5. The van der Waals surface area contributed by atoms with Crippen molar-refractivity contribution in [1.29, 1.82) is 0 Å². The quantitative estimate of drug-likeness (QED) is 0.296. The van der Waals surface area contributed by atoms with E-state index in [9.17, 15) is 14.0 Å². The van der Waals surface area contributed by atoms with E-state index in [1.165, 1.54) is 30.8 Å². The molecular weight excluding hydrogens is 367 g/mol. The lowest BCUT2D eigenvalue weighted by molar-refractivity contribution is -0.131. The number of ether oxygens (including phenoxy) is 2. The Balaban J connectivity index is 2.33. The predicted octanol–water partition coefficient (Wildman–Crippen LogP) is 5.18. The zero-order valence-corrected chi connectivity index (χ0v) is 16.1. The molecule has 4 nitrogen and oxygen atoms in total. The van der Waals surface area contributed by atoms with Gasteiger partial charge in [0.1, 0.15) is 5.75 Å². The second-order valence-electron chi connectivity index (χ2n) is 5.85. The maximum Gasteiger partial charge on any atom is 0.338 e. The Morgan fingerprint density at radius 3 is 2.15 bits per heavy atom. The summed E-state index contributed by atoms with van der Waals surface area (Å²) in [5.41, 5.74) is 1.84. The molecule has 2 rings (SSSR count). The molecule has 0 aliphatic carbocycles. The SMILES string of the molecule is C=C(C)C(=O)Oc1ccc(-c2ccc(OC(=O)C(=C)C)c(F)c2)c(SC)c1. The van der Waals surface area contributed by atoms with Crippen molar-refractivity contribution in [2.24, 2.45) is 0 Å². The minimum Gasteiger partial charge on any atom is -0.423 e. The summed E-state index contributed by atoms with van der Waals surface area (Å²) in [4.78, 5) is 24.0. The van der Waals surface area contributed by atoms with Gasteiger partial charge < -0.3 is 9.47 Å². The molecule has 0 unspecified atom stereocenters. The standard InChI is InChI=1S/C21H19FO4S/c1-12(2)20(23)25-15-7-8-16(19(11-15)27-5)14-6-9-18(17(22)10-14)26-21(24)13(3)4/h6-11H,1,3H2,2,4-5H3. The molecule has 0 aliphatic rings. The van der Waals surface area contributed by atoms with Crippen molar-refractivity contribution in [1.82, 2.24) is 0 Å². The molecule has 0 radical (unpaired) electrons. The van der Waals surface area contributed by atoms with Gasteiger partial charge in [0.25, 0.3) is 0 Å². The smallest absolute Gasteiger partial charge is 0.338 e. The number of rotatable bonds is 6. The van der Waals surface area contributed by atoms with E-state index in [1.54, 1.807) is 31.2 Å². The molecule has 0 bridgehead atoms. The van der Waals surface area contributed by atoms with Crippen LogP contribution in [0.5, 0.6) is 11.5 Å². The summed E-state index contributed by atoms with van der Waals surface area (Å²) < 4.78 is 24.5. The van der Waals surface area contributed by atoms with Crippen LogP contribution in [0.4, 0.5) is 4.39 Å². The summed E-state index contributed by atoms with van der Waals surface area (Å²) in [6, 6.07) is 9.40.